The average Bonchev–Trinajstić information content (AvgIpc) is 2.17. The second-order valence-electron chi connectivity index (χ2n) is 2.34. The van der Waals surface area contributed by atoms with Gasteiger partial charge < -0.3 is 0 Å². The van der Waals surface area contributed by atoms with Gasteiger partial charge in [-0.25, -0.2) is 4.99 Å². The van der Waals surface area contributed by atoms with Crippen molar-refractivity contribution in [2.45, 2.75) is 6.54 Å². The van der Waals surface area contributed by atoms with E-state index >= 15 is 0 Å². The number of hydrogen-bond acceptors (Lipinski definition) is 4. The molecule has 0 saturated carbocycles. The summed E-state index contributed by atoms with van der Waals surface area (Å²) in [4.78, 5) is 13.7. The van der Waals surface area contributed by atoms with Gasteiger partial charge in [-0.3, -0.25) is 10.7 Å². The number of nitrogens with one attached hydrogen (secondary N) is 1. The minimum absolute atomic E-state index is 0.169. The van der Waals surface area contributed by atoms with Crippen molar-refractivity contribution < 1.29 is 5.21 Å². The third-order valence-corrected chi connectivity index (χ3v) is 1.45. The Morgan fingerprint density at radius 3 is 2.62 bits per heavy atom. The lowest BCUT2D eigenvalue weighted by Gasteiger charge is -1.95. The van der Waals surface area contributed by atoms with Crippen molar-refractivity contribution in [3.63, 3.8) is 0 Å². The highest BCUT2D eigenvalue weighted by atomic mass is 16.5. The van der Waals surface area contributed by atoms with Gasteiger partial charge in [0.1, 0.15) is 12.9 Å². The molecule has 5 heteroatoms. The van der Waals surface area contributed by atoms with Crippen LogP contribution in [0.1, 0.15) is 5.56 Å². The zero-order valence-corrected chi connectivity index (χ0v) is 6.84. The van der Waals surface area contributed by atoms with Crippen LogP contribution in [0.2, 0.25) is 0 Å². The van der Waals surface area contributed by atoms with E-state index in [1.54, 1.807) is 29.7 Å². The van der Waals surface area contributed by atoms with Gasteiger partial charge in [-0.05, 0) is 17.7 Å². The highest BCUT2D eigenvalue weighted by Crippen LogP contribution is 2.12. The van der Waals surface area contributed by atoms with Crippen molar-refractivity contribution in [3.8, 4) is 0 Å². The first-order chi connectivity index (χ1) is 6.36. The summed E-state index contributed by atoms with van der Waals surface area (Å²) in [6.07, 6.45) is 1.16. The molecule has 0 aliphatic rings. The summed E-state index contributed by atoms with van der Waals surface area (Å²) in [5, 5.41) is 11.0. The smallest absolute Gasteiger partial charge is 0.113 e. The summed E-state index contributed by atoms with van der Waals surface area (Å²) < 4.78 is 0. The molecule has 0 bridgehead atoms. The van der Waals surface area contributed by atoms with Gasteiger partial charge in [0.15, 0.2) is 0 Å². The Morgan fingerprint density at radius 2 is 2.08 bits per heavy atom. The fourth-order valence-electron chi connectivity index (χ4n) is 0.865. The monoisotopic (exact) mass is 179 g/mol. The maximum atomic E-state index is 9.91. The number of benzene rings is 1. The van der Waals surface area contributed by atoms with E-state index in [2.05, 4.69) is 10.2 Å². The number of aliphatic imine (C=N–C) groups is 1. The molecule has 0 aliphatic carbocycles. The molecular formula is C8H9N3O2. The predicted octanol–water partition coefficient (Wildman–Crippen LogP) is 1.59. The Labute approximate surface area is 75.0 Å². The Hall–Kier alpha value is -1.75. The molecule has 5 nitrogen and oxygen atoms in total. The third-order valence-electron chi connectivity index (χ3n) is 1.45. The van der Waals surface area contributed by atoms with E-state index in [1.807, 2.05) is 0 Å². The van der Waals surface area contributed by atoms with Crippen molar-refractivity contribution in [2.75, 3.05) is 0 Å². The fraction of sp³-hybridized carbons (Fsp3) is 0.125. The van der Waals surface area contributed by atoms with E-state index in [0.717, 1.165) is 11.9 Å². The molecule has 0 aliphatic heterocycles. The minimum Gasteiger partial charge on any atom is -0.290 e. The first-order valence-corrected chi connectivity index (χ1v) is 3.67. The maximum Gasteiger partial charge on any atom is 0.113 e. The molecule has 1 aromatic carbocycles. The first-order valence-electron chi connectivity index (χ1n) is 3.67. The maximum absolute atomic E-state index is 9.91. The van der Waals surface area contributed by atoms with Crippen molar-refractivity contribution >= 4 is 12.0 Å². The van der Waals surface area contributed by atoms with E-state index in [-0.39, 0.29) is 6.54 Å². The Bertz CT molecular complexity index is 295. The van der Waals surface area contributed by atoms with Crippen LogP contribution in [0.25, 0.3) is 0 Å². The summed E-state index contributed by atoms with van der Waals surface area (Å²) in [5.41, 5.74) is 3.33. The van der Waals surface area contributed by atoms with Crippen LogP contribution in [0.3, 0.4) is 0 Å². The molecule has 1 rings (SSSR count). The summed E-state index contributed by atoms with van der Waals surface area (Å²) >= 11 is 0. The molecule has 2 N–H and O–H groups in total. The number of rotatable bonds is 4. The molecule has 0 aromatic heterocycles. The van der Waals surface area contributed by atoms with Crippen LogP contribution in [0.5, 0.6) is 0 Å². The van der Waals surface area contributed by atoms with Crippen LogP contribution in [-0.4, -0.2) is 11.5 Å². The lowest BCUT2D eigenvalue weighted by atomic mass is 10.2. The Kier molecular flexibility index (Phi) is 3.59. The normalized spacial score (nSPS) is 10.2. The van der Waals surface area contributed by atoms with Crippen LogP contribution >= 0.6 is 0 Å². The SMILES string of the molecule is O=NCc1ccc(N=CNO)cc1. The molecule has 0 spiro atoms. The van der Waals surface area contributed by atoms with Crippen LogP contribution in [0.15, 0.2) is 34.4 Å². The van der Waals surface area contributed by atoms with E-state index in [9.17, 15) is 4.91 Å². The van der Waals surface area contributed by atoms with Gasteiger partial charge >= 0.3 is 0 Å². The number of nitroso groups, excluding NO2 is 1. The van der Waals surface area contributed by atoms with E-state index < -0.39 is 0 Å². The molecule has 0 fully saturated rings. The number of nitrogens with zero attached hydrogens (tertiary/aromatic N) is 2. The van der Waals surface area contributed by atoms with Gasteiger partial charge in [0.25, 0.3) is 0 Å². The predicted molar refractivity (Wildman–Crippen MR) is 49.0 cm³/mol. The Balaban J connectivity index is 2.69. The molecule has 0 radical (unpaired) electrons. The number of hydroxylamine groups is 1. The highest BCUT2D eigenvalue weighted by Gasteiger charge is 1.91. The molecule has 0 heterocycles. The van der Waals surface area contributed by atoms with E-state index in [0.29, 0.717) is 5.69 Å². The molecule has 0 saturated heterocycles. The van der Waals surface area contributed by atoms with Gasteiger partial charge in [0, 0.05) is 0 Å². The zero-order valence-electron chi connectivity index (χ0n) is 6.84. The summed E-state index contributed by atoms with van der Waals surface area (Å²) in [7, 11) is 0. The van der Waals surface area contributed by atoms with Crippen molar-refractivity contribution in [3.05, 3.63) is 34.7 Å². The Morgan fingerprint density at radius 1 is 1.38 bits per heavy atom. The largest absolute Gasteiger partial charge is 0.290 e. The van der Waals surface area contributed by atoms with Gasteiger partial charge in [-0.2, -0.15) is 4.91 Å². The molecule has 0 unspecified atom stereocenters. The van der Waals surface area contributed by atoms with Crippen LogP contribution < -0.4 is 5.48 Å². The quantitative estimate of drug-likeness (QED) is 0.319. The second kappa shape index (κ2) is 5.00. The first kappa shape index (κ1) is 9.34. The van der Waals surface area contributed by atoms with Gasteiger partial charge in [0.05, 0.1) is 5.69 Å². The standard InChI is InChI=1S/C8H9N3O2/c12-10-5-7-1-3-8(4-2-7)9-6-11-13/h1-4,6,13H,5H2,(H,9,11). The average molecular weight is 179 g/mol. The molecule has 13 heavy (non-hydrogen) atoms. The topological polar surface area (TPSA) is 74.0 Å². The zero-order chi connectivity index (χ0) is 9.52. The summed E-state index contributed by atoms with van der Waals surface area (Å²) in [6, 6.07) is 6.97. The molecular weight excluding hydrogens is 170 g/mol. The molecule has 1 aromatic rings. The van der Waals surface area contributed by atoms with Crippen molar-refractivity contribution in [2.24, 2.45) is 10.2 Å². The molecule has 0 atom stereocenters. The second-order valence-corrected chi connectivity index (χ2v) is 2.34. The third kappa shape index (κ3) is 3.00. The molecule has 0 amide bonds. The van der Waals surface area contributed by atoms with E-state index in [1.165, 1.54) is 0 Å². The van der Waals surface area contributed by atoms with Crippen LogP contribution in [-0.2, 0) is 6.54 Å². The summed E-state index contributed by atoms with van der Waals surface area (Å²) in [5.74, 6) is 0. The van der Waals surface area contributed by atoms with Gasteiger partial charge in [-0.15, -0.1) is 0 Å². The summed E-state index contributed by atoms with van der Waals surface area (Å²) in [6.45, 7) is 0.169. The van der Waals surface area contributed by atoms with E-state index in [4.69, 9.17) is 5.21 Å². The fourth-order valence-corrected chi connectivity index (χ4v) is 0.865. The van der Waals surface area contributed by atoms with Crippen molar-refractivity contribution in [1.29, 1.82) is 0 Å². The highest BCUT2D eigenvalue weighted by molar-refractivity contribution is 5.59. The van der Waals surface area contributed by atoms with Crippen LogP contribution in [0, 0.1) is 4.91 Å². The van der Waals surface area contributed by atoms with Gasteiger partial charge in [0.2, 0.25) is 0 Å². The van der Waals surface area contributed by atoms with Crippen molar-refractivity contribution in [1.82, 2.24) is 5.48 Å². The minimum atomic E-state index is 0.169. The lowest BCUT2D eigenvalue weighted by molar-refractivity contribution is 0.240. The van der Waals surface area contributed by atoms with Crippen LogP contribution in [0.4, 0.5) is 5.69 Å². The molecule has 68 valence electrons. The van der Waals surface area contributed by atoms with Gasteiger partial charge in [-0.1, -0.05) is 17.3 Å². The lowest BCUT2D eigenvalue weighted by Crippen LogP contribution is -2.00. The number of hydrogen-bond donors (Lipinski definition) is 2.